The Morgan fingerprint density at radius 1 is 1.00 bits per heavy atom. The lowest BCUT2D eigenvalue weighted by atomic mass is 10.2. The van der Waals surface area contributed by atoms with Crippen molar-refractivity contribution in [3.8, 4) is 11.5 Å². The van der Waals surface area contributed by atoms with E-state index in [1.807, 2.05) is 31.2 Å². The van der Waals surface area contributed by atoms with Crippen molar-refractivity contribution in [3.63, 3.8) is 0 Å². The molecule has 0 radical (unpaired) electrons. The number of rotatable bonds is 4. The maximum Gasteiger partial charge on any atom is 0.256 e. The van der Waals surface area contributed by atoms with Crippen LogP contribution < -0.4 is 14.8 Å². The van der Waals surface area contributed by atoms with Crippen molar-refractivity contribution < 1.29 is 14.3 Å². The molecule has 1 aromatic heterocycles. The van der Waals surface area contributed by atoms with E-state index in [0.717, 1.165) is 11.3 Å². The van der Waals surface area contributed by atoms with Crippen LogP contribution in [-0.4, -0.2) is 5.91 Å². The molecule has 0 aliphatic rings. The molecule has 120 valence electrons. The predicted octanol–water partition coefficient (Wildman–Crippen LogP) is 3.67. The number of aromatic nitrogens is 1. The van der Waals surface area contributed by atoms with Crippen LogP contribution in [0.3, 0.4) is 0 Å². The Kier molecular flexibility index (Phi) is 4.43. The van der Waals surface area contributed by atoms with Gasteiger partial charge >= 0.3 is 0 Å². The number of hydrogen-bond donors (Lipinski definition) is 1. The molecule has 0 saturated carbocycles. The number of amides is 1. The molecular weight excluding hydrogens is 304 g/mol. The molecule has 1 N–H and O–H groups in total. The first-order valence-electron chi connectivity index (χ1n) is 7.45. The van der Waals surface area contributed by atoms with Gasteiger partial charge in [-0.25, -0.2) is 0 Å². The molecule has 0 bridgehead atoms. The highest BCUT2D eigenvalue weighted by Crippen LogP contribution is 2.23. The van der Waals surface area contributed by atoms with E-state index < -0.39 is 0 Å². The van der Waals surface area contributed by atoms with Crippen molar-refractivity contribution in [3.05, 3.63) is 89.4 Å². The van der Waals surface area contributed by atoms with Crippen LogP contribution in [-0.2, 0) is 0 Å². The fourth-order valence-electron chi connectivity index (χ4n) is 2.19. The van der Waals surface area contributed by atoms with Crippen molar-refractivity contribution in [2.24, 2.45) is 0 Å². The third-order valence-corrected chi connectivity index (χ3v) is 3.40. The van der Waals surface area contributed by atoms with Crippen molar-refractivity contribution in [1.82, 2.24) is 0 Å². The van der Waals surface area contributed by atoms with Gasteiger partial charge in [0.05, 0.1) is 5.56 Å². The number of carbonyl (C=O) groups is 1. The van der Waals surface area contributed by atoms with Gasteiger partial charge in [0.1, 0.15) is 11.5 Å². The zero-order valence-corrected chi connectivity index (χ0v) is 13.1. The molecule has 0 unspecified atom stereocenters. The number of benzene rings is 2. The standard InChI is InChI=1S/C19H16N2O3/c1-14-3-2-4-18(13-14)24-17-7-5-16(6-8-17)20-19(22)15-9-11-21(23)12-10-15/h2-13H,1H3,(H,20,22). The second-order valence-electron chi connectivity index (χ2n) is 5.34. The molecule has 5 heteroatoms. The highest BCUT2D eigenvalue weighted by Gasteiger charge is 2.07. The zero-order valence-electron chi connectivity index (χ0n) is 13.1. The van der Waals surface area contributed by atoms with E-state index in [2.05, 4.69) is 5.32 Å². The molecule has 5 nitrogen and oxygen atoms in total. The van der Waals surface area contributed by atoms with Crippen LogP contribution in [0.5, 0.6) is 11.5 Å². The average molecular weight is 320 g/mol. The van der Waals surface area contributed by atoms with Gasteiger partial charge in [-0.05, 0) is 48.9 Å². The predicted molar refractivity (Wildman–Crippen MR) is 91.1 cm³/mol. The van der Waals surface area contributed by atoms with Crippen LogP contribution in [0.15, 0.2) is 73.1 Å². The summed E-state index contributed by atoms with van der Waals surface area (Å²) in [5, 5.41) is 13.8. The Hall–Kier alpha value is -3.34. The summed E-state index contributed by atoms with van der Waals surface area (Å²) in [6.07, 6.45) is 2.57. The minimum absolute atomic E-state index is 0.275. The number of pyridine rings is 1. The molecule has 0 aliphatic heterocycles. The van der Waals surface area contributed by atoms with E-state index in [-0.39, 0.29) is 5.91 Å². The summed E-state index contributed by atoms with van der Waals surface area (Å²) in [5.41, 5.74) is 2.19. The van der Waals surface area contributed by atoms with Gasteiger partial charge in [-0.15, -0.1) is 0 Å². The highest BCUT2D eigenvalue weighted by atomic mass is 16.5. The molecule has 0 aliphatic carbocycles. The van der Waals surface area contributed by atoms with Crippen LogP contribution >= 0.6 is 0 Å². The van der Waals surface area contributed by atoms with Gasteiger partial charge in [0.15, 0.2) is 12.4 Å². The third kappa shape index (κ3) is 3.89. The average Bonchev–Trinajstić information content (AvgIpc) is 2.57. The summed E-state index contributed by atoms with van der Waals surface area (Å²) in [7, 11) is 0. The van der Waals surface area contributed by atoms with Crippen molar-refractivity contribution in [2.75, 3.05) is 5.32 Å². The molecule has 2 aromatic carbocycles. The fraction of sp³-hybridized carbons (Fsp3) is 0.0526. The fourth-order valence-corrected chi connectivity index (χ4v) is 2.19. The Morgan fingerprint density at radius 3 is 2.38 bits per heavy atom. The largest absolute Gasteiger partial charge is 0.619 e. The normalized spacial score (nSPS) is 10.2. The summed E-state index contributed by atoms with van der Waals surface area (Å²) in [6, 6.07) is 17.8. The van der Waals surface area contributed by atoms with Gasteiger partial charge in [-0.1, -0.05) is 12.1 Å². The third-order valence-electron chi connectivity index (χ3n) is 3.40. The molecule has 0 fully saturated rings. The first-order valence-corrected chi connectivity index (χ1v) is 7.45. The van der Waals surface area contributed by atoms with Crippen LogP contribution in [0.25, 0.3) is 0 Å². The maximum atomic E-state index is 12.1. The van der Waals surface area contributed by atoms with E-state index >= 15 is 0 Å². The van der Waals surface area contributed by atoms with Crippen molar-refractivity contribution in [2.45, 2.75) is 6.92 Å². The van der Waals surface area contributed by atoms with Gasteiger partial charge in [0, 0.05) is 17.8 Å². The Morgan fingerprint density at radius 2 is 1.71 bits per heavy atom. The molecular formula is C19H16N2O3. The summed E-state index contributed by atoms with van der Waals surface area (Å²) in [4.78, 5) is 12.1. The lowest BCUT2D eigenvalue weighted by molar-refractivity contribution is -0.605. The van der Waals surface area contributed by atoms with Crippen molar-refractivity contribution in [1.29, 1.82) is 0 Å². The summed E-state index contributed by atoms with van der Waals surface area (Å²) in [6.45, 7) is 2.00. The zero-order chi connectivity index (χ0) is 16.9. The molecule has 0 atom stereocenters. The van der Waals surface area contributed by atoms with Gasteiger partial charge in [-0.2, -0.15) is 4.73 Å². The van der Waals surface area contributed by atoms with Crippen LogP contribution in [0.1, 0.15) is 15.9 Å². The Bertz CT molecular complexity index is 843. The number of nitrogens with one attached hydrogen (secondary N) is 1. The second kappa shape index (κ2) is 6.83. The maximum absolute atomic E-state index is 12.1. The van der Waals surface area contributed by atoms with Crippen LogP contribution in [0.2, 0.25) is 0 Å². The number of anilines is 1. The number of aryl methyl sites for hydroxylation is 1. The van der Waals surface area contributed by atoms with Gasteiger partial charge in [-0.3, -0.25) is 4.79 Å². The highest BCUT2D eigenvalue weighted by molar-refractivity contribution is 6.04. The van der Waals surface area contributed by atoms with Gasteiger partial charge < -0.3 is 15.3 Å². The van der Waals surface area contributed by atoms with E-state index in [4.69, 9.17) is 4.74 Å². The van der Waals surface area contributed by atoms with Gasteiger partial charge in [0.25, 0.3) is 5.91 Å². The molecule has 1 heterocycles. The van der Waals surface area contributed by atoms with E-state index in [0.29, 0.717) is 21.7 Å². The number of carbonyl (C=O) groups excluding carboxylic acids is 1. The van der Waals surface area contributed by atoms with Crippen molar-refractivity contribution >= 4 is 11.6 Å². The lowest BCUT2D eigenvalue weighted by Gasteiger charge is -2.08. The topological polar surface area (TPSA) is 65.3 Å². The lowest BCUT2D eigenvalue weighted by Crippen LogP contribution is -2.25. The monoisotopic (exact) mass is 320 g/mol. The number of hydrogen-bond acceptors (Lipinski definition) is 3. The minimum atomic E-state index is -0.275. The van der Waals surface area contributed by atoms with Crippen LogP contribution in [0, 0.1) is 12.1 Å². The molecule has 24 heavy (non-hydrogen) atoms. The summed E-state index contributed by atoms with van der Waals surface area (Å²) < 4.78 is 6.40. The summed E-state index contributed by atoms with van der Waals surface area (Å²) >= 11 is 0. The second-order valence-corrected chi connectivity index (χ2v) is 5.34. The van der Waals surface area contributed by atoms with E-state index in [1.54, 1.807) is 24.3 Å². The minimum Gasteiger partial charge on any atom is -0.619 e. The van der Waals surface area contributed by atoms with E-state index in [9.17, 15) is 10.0 Å². The molecule has 3 rings (SSSR count). The number of nitrogens with zero attached hydrogens (tertiary/aromatic N) is 1. The first kappa shape index (κ1) is 15.6. The molecule has 1 amide bonds. The van der Waals surface area contributed by atoms with Crippen LogP contribution in [0.4, 0.5) is 5.69 Å². The van der Waals surface area contributed by atoms with Gasteiger partial charge in [0.2, 0.25) is 0 Å². The smallest absolute Gasteiger partial charge is 0.256 e. The molecule has 3 aromatic rings. The SMILES string of the molecule is Cc1cccc(Oc2ccc(NC(=O)c3cc[n+]([O-])cc3)cc2)c1. The summed E-state index contributed by atoms with van der Waals surface area (Å²) in [5.74, 6) is 1.18. The molecule has 0 saturated heterocycles. The number of ether oxygens (including phenoxy) is 1. The molecule has 0 spiro atoms. The first-order chi connectivity index (χ1) is 11.6. The van der Waals surface area contributed by atoms with E-state index in [1.165, 1.54) is 24.5 Å². The quantitative estimate of drug-likeness (QED) is 0.589. The Labute approximate surface area is 139 Å². The Balaban J connectivity index is 1.66.